The van der Waals surface area contributed by atoms with Crippen LogP contribution in [0.25, 0.3) is 0 Å². The van der Waals surface area contributed by atoms with E-state index in [1.165, 1.54) is 5.56 Å². The number of nitrogens with zero attached hydrogens (tertiary/aromatic N) is 1. The van der Waals surface area contributed by atoms with Crippen molar-refractivity contribution in [3.63, 3.8) is 0 Å². The third-order valence-corrected chi connectivity index (χ3v) is 3.34. The number of ether oxygens (including phenoxy) is 1. The molecule has 2 N–H and O–H groups in total. The summed E-state index contributed by atoms with van der Waals surface area (Å²) in [7, 11) is 0. The quantitative estimate of drug-likeness (QED) is 0.734. The molecule has 2 saturated heterocycles. The van der Waals surface area contributed by atoms with Crippen molar-refractivity contribution < 1.29 is 4.74 Å². The van der Waals surface area contributed by atoms with Crippen LogP contribution in [-0.4, -0.2) is 30.2 Å². The first kappa shape index (κ1) is 9.33. The first-order valence-electron chi connectivity index (χ1n) is 5.54. The van der Waals surface area contributed by atoms with Crippen LogP contribution in [0.4, 0.5) is 0 Å². The highest BCUT2D eigenvalue weighted by molar-refractivity contribution is 5.18. The van der Waals surface area contributed by atoms with Gasteiger partial charge in [-0.2, -0.15) is 0 Å². The molecule has 1 aromatic carbocycles. The average molecular weight is 204 g/mol. The molecule has 0 saturated carbocycles. The SMILES string of the molecule is NC(c1ccccc1)N1CCC2OC2C1. The van der Waals surface area contributed by atoms with E-state index in [4.69, 9.17) is 10.5 Å². The predicted molar refractivity (Wildman–Crippen MR) is 58.2 cm³/mol. The van der Waals surface area contributed by atoms with E-state index in [0.717, 1.165) is 19.5 Å². The molecule has 80 valence electrons. The molecule has 0 spiro atoms. The molecule has 3 heteroatoms. The minimum Gasteiger partial charge on any atom is -0.368 e. The lowest BCUT2D eigenvalue weighted by molar-refractivity contribution is 0.180. The topological polar surface area (TPSA) is 41.8 Å². The second kappa shape index (κ2) is 3.59. The molecule has 2 fully saturated rings. The molecule has 15 heavy (non-hydrogen) atoms. The molecule has 0 bridgehead atoms. The number of nitrogens with two attached hydrogens (primary N) is 1. The maximum absolute atomic E-state index is 6.22. The van der Waals surface area contributed by atoms with Gasteiger partial charge in [-0.15, -0.1) is 0 Å². The molecule has 3 nitrogen and oxygen atoms in total. The number of hydrogen-bond donors (Lipinski definition) is 1. The van der Waals surface area contributed by atoms with E-state index in [9.17, 15) is 0 Å². The normalized spacial score (nSPS) is 32.1. The van der Waals surface area contributed by atoms with Gasteiger partial charge in [-0.25, -0.2) is 0 Å². The van der Waals surface area contributed by atoms with Crippen molar-refractivity contribution >= 4 is 0 Å². The Morgan fingerprint density at radius 1 is 1.27 bits per heavy atom. The van der Waals surface area contributed by atoms with E-state index in [2.05, 4.69) is 17.0 Å². The highest BCUT2D eigenvalue weighted by atomic mass is 16.6. The summed E-state index contributed by atoms with van der Waals surface area (Å²) in [6.45, 7) is 2.04. The Morgan fingerprint density at radius 3 is 2.80 bits per heavy atom. The molecule has 3 unspecified atom stereocenters. The number of rotatable bonds is 2. The van der Waals surface area contributed by atoms with Crippen LogP contribution < -0.4 is 5.73 Å². The molecule has 3 rings (SSSR count). The van der Waals surface area contributed by atoms with Gasteiger partial charge < -0.3 is 10.5 Å². The summed E-state index contributed by atoms with van der Waals surface area (Å²) in [4.78, 5) is 2.31. The summed E-state index contributed by atoms with van der Waals surface area (Å²) in [6, 6.07) is 10.3. The lowest BCUT2D eigenvalue weighted by atomic mass is 10.1. The molecule has 2 aliphatic heterocycles. The number of likely N-dealkylation sites (tertiary alicyclic amines) is 1. The van der Waals surface area contributed by atoms with Gasteiger partial charge in [0.2, 0.25) is 0 Å². The monoisotopic (exact) mass is 204 g/mol. The van der Waals surface area contributed by atoms with Gasteiger partial charge in [-0.05, 0) is 12.0 Å². The number of piperidine rings is 1. The molecular formula is C12H16N2O. The molecule has 0 aromatic heterocycles. The van der Waals surface area contributed by atoms with Gasteiger partial charge in [-0.3, -0.25) is 4.90 Å². The van der Waals surface area contributed by atoms with Crippen LogP contribution in [-0.2, 0) is 4.74 Å². The second-order valence-electron chi connectivity index (χ2n) is 4.35. The third-order valence-electron chi connectivity index (χ3n) is 3.34. The maximum Gasteiger partial charge on any atom is 0.0969 e. The molecule has 0 amide bonds. The van der Waals surface area contributed by atoms with Gasteiger partial charge in [0.05, 0.1) is 18.4 Å². The molecule has 0 aliphatic carbocycles. The molecule has 1 aromatic rings. The van der Waals surface area contributed by atoms with E-state index in [0.29, 0.717) is 12.2 Å². The Bertz CT molecular complexity index is 341. The van der Waals surface area contributed by atoms with E-state index in [1.807, 2.05) is 18.2 Å². The lowest BCUT2D eigenvalue weighted by Crippen LogP contribution is -2.41. The van der Waals surface area contributed by atoms with Crippen molar-refractivity contribution in [3.05, 3.63) is 35.9 Å². The predicted octanol–water partition coefficient (Wildman–Crippen LogP) is 1.12. The molecule has 0 radical (unpaired) electrons. The fraction of sp³-hybridized carbons (Fsp3) is 0.500. The third kappa shape index (κ3) is 1.78. The Hall–Kier alpha value is -0.900. The summed E-state index contributed by atoms with van der Waals surface area (Å²) < 4.78 is 5.50. The zero-order valence-electron chi connectivity index (χ0n) is 8.67. The Balaban J connectivity index is 1.71. The Labute approximate surface area is 89.8 Å². The summed E-state index contributed by atoms with van der Waals surface area (Å²) >= 11 is 0. The van der Waals surface area contributed by atoms with Crippen molar-refractivity contribution in [2.24, 2.45) is 5.73 Å². The smallest absolute Gasteiger partial charge is 0.0969 e. The standard InChI is InChI=1S/C12H16N2O/c13-12(9-4-2-1-3-5-9)14-7-6-10-11(8-14)15-10/h1-5,10-12H,6-8,13H2. The minimum atomic E-state index is 0.0244. The van der Waals surface area contributed by atoms with Crippen LogP contribution in [0, 0.1) is 0 Å². The molecule has 2 aliphatic rings. The highest BCUT2D eigenvalue weighted by Crippen LogP contribution is 2.33. The van der Waals surface area contributed by atoms with Crippen molar-refractivity contribution in [1.29, 1.82) is 0 Å². The number of benzene rings is 1. The van der Waals surface area contributed by atoms with Crippen LogP contribution in [0.5, 0.6) is 0 Å². The summed E-state index contributed by atoms with van der Waals surface area (Å²) in [6.07, 6.45) is 2.14. The van der Waals surface area contributed by atoms with Crippen molar-refractivity contribution in [3.8, 4) is 0 Å². The summed E-state index contributed by atoms with van der Waals surface area (Å²) in [5, 5.41) is 0. The number of epoxide rings is 1. The molecule has 2 heterocycles. The van der Waals surface area contributed by atoms with Gasteiger partial charge in [0.15, 0.2) is 0 Å². The van der Waals surface area contributed by atoms with Crippen LogP contribution in [0.15, 0.2) is 30.3 Å². The summed E-state index contributed by atoms with van der Waals surface area (Å²) in [5.41, 5.74) is 7.41. The fourth-order valence-electron chi connectivity index (χ4n) is 2.32. The van der Waals surface area contributed by atoms with E-state index in [1.54, 1.807) is 0 Å². The largest absolute Gasteiger partial charge is 0.368 e. The first-order valence-corrected chi connectivity index (χ1v) is 5.54. The minimum absolute atomic E-state index is 0.0244. The lowest BCUT2D eigenvalue weighted by Gasteiger charge is -2.30. The van der Waals surface area contributed by atoms with Crippen LogP contribution in [0.2, 0.25) is 0 Å². The summed E-state index contributed by atoms with van der Waals surface area (Å²) in [5.74, 6) is 0. The van der Waals surface area contributed by atoms with Gasteiger partial charge in [-0.1, -0.05) is 30.3 Å². The van der Waals surface area contributed by atoms with Crippen molar-refractivity contribution in [1.82, 2.24) is 4.90 Å². The van der Waals surface area contributed by atoms with Crippen molar-refractivity contribution in [2.75, 3.05) is 13.1 Å². The second-order valence-corrected chi connectivity index (χ2v) is 4.35. The van der Waals surface area contributed by atoms with Gasteiger partial charge in [0, 0.05) is 13.1 Å². The Kier molecular flexibility index (Phi) is 2.24. The van der Waals surface area contributed by atoms with E-state index < -0.39 is 0 Å². The maximum atomic E-state index is 6.22. The fourth-order valence-corrected chi connectivity index (χ4v) is 2.32. The van der Waals surface area contributed by atoms with Crippen LogP contribution in [0.1, 0.15) is 18.2 Å². The molecular weight excluding hydrogens is 188 g/mol. The zero-order valence-corrected chi connectivity index (χ0v) is 8.67. The molecule has 3 atom stereocenters. The van der Waals surface area contributed by atoms with Crippen LogP contribution in [0.3, 0.4) is 0 Å². The van der Waals surface area contributed by atoms with Crippen molar-refractivity contribution in [2.45, 2.75) is 24.8 Å². The average Bonchev–Trinajstić information content (AvgIpc) is 3.07. The van der Waals surface area contributed by atoms with E-state index >= 15 is 0 Å². The zero-order chi connectivity index (χ0) is 10.3. The first-order chi connectivity index (χ1) is 7.34. The van der Waals surface area contributed by atoms with Gasteiger partial charge in [0.1, 0.15) is 0 Å². The van der Waals surface area contributed by atoms with E-state index in [-0.39, 0.29) is 6.17 Å². The van der Waals surface area contributed by atoms with Gasteiger partial charge in [0.25, 0.3) is 0 Å². The van der Waals surface area contributed by atoms with Gasteiger partial charge >= 0.3 is 0 Å². The Morgan fingerprint density at radius 2 is 2.07 bits per heavy atom. The van der Waals surface area contributed by atoms with Crippen LogP contribution >= 0.6 is 0 Å². The highest BCUT2D eigenvalue weighted by Gasteiger charge is 2.44. The number of hydrogen-bond acceptors (Lipinski definition) is 3. The number of fused-ring (bicyclic) bond motifs is 1.